The maximum absolute atomic E-state index is 12.9. The van der Waals surface area contributed by atoms with Crippen LogP contribution in [-0.4, -0.2) is 4.98 Å². The lowest BCUT2D eigenvalue weighted by molar-refractivity contribution is 0.628. The van der Waals surface area contributed by atoms with Gasteiger partial charge in [0.25, 0.3) is 5.56 Å². The quantitative estimate of drug-likeness (QED) is 0.743. The second-order valence-electron chi connectivity index (χ2n) is 3.18. The smallest absolute Gasteiger partial charge is 0.271 e. The Labute approximate surface area is 85.4 Å². The van der Waals surface area contributed by atoms with Crippen LogP contribution in [0.1, 0.15) is 0 Å². The number of rotatable bonds is 1. The van der Waals surface area contributed by atoms with Crippen molar-refractivity contribution in [3.63, 3.8) is 0 Å². The zero-order valence-corrected chi connectivity index (χ0v) is 7.83. The van der Waals surface area contributed by atoms with Gasteiger partial charge in [-0.05, 0) is 23.8 Å². The molecule has 0 radical (unpaired) electrons. The van der Waals surface area contributed by atoms with Crippen LogP contribution in [0.25, 0.3) is 11.1 Å². The summed E-state index contributed by atoms with van der Waals surface area (Å²) in [6.07, 6.45) is 1.51. The first-order chi connectivity index (χ1) is 7.16. The Balaban J connectivity index is 2.55. The predicted octanol–water partition coefficient (Wildman–Crippen LogP) is 1.76. The molecule has 0 aliphatic heterocycles. The molecular formula is C11H9FN2O. The van der Waals surface area contributed by atoms with Crippen LogP contribution in [-0.2, 0) is 0 Å². The van der Waals surface area contributed by atoms with Gasteiger partial charge in [0.05, 0.1) is 5.69 Å². The molecule has 0 aliphatic rings. The molecule has 0 aliphatic carbocycles. The van der Waals surface area contributed by atoms with Crippen molar-refractivity contribution in [1.82, 2.24) is 4.98 Å². The van der Waals surface area contributed by atoms with Crippen LogP contribution >= 0.6 is 0 Å². The second kappa shape index (κ2) is 3.57. The maximum atomic E-state index is 12.9. The molecule has 2 aromatic rings. The van der Waals surface area contributed by atoms with Crippen LogP contribution < -0.4 is 11.3 Å². The van der Waals surface area contributed by atoms with Crippen molar-refractivity contribution in [2.75, 3.05) is 5.73 Å². The number of pyridine rings is 1. The molecule has 0 atom stereocenters. The molecule has 0 unspecified atom stereocenters. The van der Waals surface area contributed by atoms with E-state index in [0.717, 1.165) is 0 Å². The monoisotopic (exact) mass is 204 g/mol. The Morgan fingerprint density at radius 1 is 1.20 bits per heavy atom. The molecule has 0 amide bonds. The van der Waals surface area contributed by atoms with Crippen molar-refractivity contribution in [2.24, 2.45) is 0 Å². The number of aromatic nitrogens is 1. The van der Waals surface area contributed by atoms with E-state index >= 15 is 0 Å². The third-order valence-corrected chi connectivity index (χ3v) is 2.09. The molecule has 0 bridgehead atoms. The lowest BCUT2D eigenvalue weighted by Crippen LogP contribution is -2.10. The van der Waals surface area contributed by atoms with Crippen molar-refractivity contribution in [2.45, 2.75) is 0 Å². The van der Waals surface area contributed by atoms with Gasteiger partial charge in [-0.2, -0.15) is 0 Å². The third kappa shape index (κ3) is 1.88. The van der Waals surface area contributed by atoms with E-state index in [4.69, 9.17) is 5.73 Å². The van der Waals surface area contributed by atoms with Gasteiger partial charge in [-0.3, -0.25) is 4.79 Å². The summed E-state index contributed by atoms with van der Waals surface area (Å²) in [5.74, 6) is -0.322. The molecule has 2 rings (SSSR count). The summed E-state index contributed by atoms with van der Waals surface area (Å²) in [4.78, 5) is 13.5. The van der Waals surface area contributed by atoms with E-state index in [1.165, 1.54) is 24.4 Å². The van der Waals surface area contributed by atoms with Gasteiger partial charge in [0.2, 0.25) is 0 Å². The zero-order valence-electron chi connectivity index (χ0n) is 7.83. The minimum atomic E-state index is -0.338. The Morgan fingerprint density at radius 2 is 2.00 bits per heavy atom. The molecule has 3 nitrogen and oxygen atoms in total. The molecule has 0 fully saturated rings. The number of nitrogens with two attached hydrogens (primary N) is 1. The first kappa shape index (κ1) is 9.45. The average molecular weight is 204 g/mol. The Morgan fingerprint density at radius 3 is 2.67 bits per heavy atom. The Kier molecular flexibility index (Phi) is 2.25. The van der Waals surface area contributed by atoms with E-state index in [2.05, 4.69) is 4.98 Å². The average Bonchev–Trinajstić information content (AvgIpc) is 2.22. The standard InChI is InChI=1S/C11H9FN2O/c12-9-3-1-2-7(4-9)8-5-10(13)11(15)14-6-8/h1-6H,13H2,(H,14,15). The molecule has 0 saturated heterocycles. The fraction of sp³-hybridized carbons (Fsp3) is 0. The lowest BCUT2D eigenvalue weighted by Gasteiger charge is -2.01. The highest BCUT2D eigenvalue weighted by Crippen LogP contribution is 2.19. The van der Waals surface area contributed by atoms with Crippen LogP contribution in [0.2, 0.25) is 0 Å². The lowest BCUT2D eigenvalue weighted by atomic mass is 10.1. The van der Waals surface area contributed by atoms with E-state index in [-0.39, 0.29) is 17.1 Å². The molecule has 76 valence electrons. The normalized spacial score (nSPS) is 10.2. The predicted molar refractivity (Wildman–Crippen MR) is 56.9 cm³/mol. The summed E-state index contributed by atoms with van der Waals surface area (Å²) in [5, 5.41) is 0. The number of hydrogen-bond acceptors (Lipinski definition) is 2. The summed E-state index contributed by atoms with van der Waals surface area (Å²) in [6, 6.07) is 7.61. The van der Waals surface area contributed by atoms with Crippen LogP contribution in [0.5, 0.6) is 0 Å². The molecule has 1 aromatic heterocycles. The van der Waals surface area contributed by atoms with Gasteiger partial charge >= 0.3 is 0 Å². The summed E-state index contributed by atoms with van der Waals surface area (Å²) >= 11 is 0. The summed E-state index contributed by atoms with van der Waals surface area (Å²) < 4.78 is 12.9. The van der Waals surface area contributed by atoms with E-state index in [1.54, 1.807) is 12.1 Å². The van der Waals surface area contributed by atoms with Gasteiger partial charge in [-0.25, -0.2) is 4.39 Å². The number of halogens is 1. The van der Waals surface area contributed by atoms with Crippen molar-refractivity contribution >= 4 is 5.69 Å². The summed E-state index contributed by atoms with van der Waals surface area (Å²) in [6.45, 7) is 0. The minimum Gasteiger partial charge on any atom is -0.394 e. The van der Waals surface area contributed by atoms with E-state index in [9.17, 15) is 9.18 Å². The van der Waals surface area contributed by atoms with Gasteiger partial charge in [0.15, 0.2) is 0 Å². The van der Waals surface area contributed by atoms with Crippen molar-refractivity contribution in [1.29, 1.82) is 0 Å². The molecule has 0 saturated carbocycles. The van der Waals surface area contributed by atoms with Gasteiger partial charge in [0, 0.05) is 11.8 Å². The highest BCUT2D eigenvalue weighted by atomic mass is 19.1. The van der Waals surface area contributed by atoms with E-state index in [0.29, 0.717) is 11.1 Å². The molecule has 15 heavy (non-hydrogen) atoms. The second-order valence-corrected chi connectivity index (χ2v) is 3.18. The molecule has 1 aromatic carbocycles. The number of nitrogen functional groups attached to an aromatic ring is 1. The number of hydrogen-bond donors (Lipinski definition) is 2. The summed E-state index contributed by atoms with van der Waals surface area (Å²) in [7, 11) is 0. The Bertz CT molecular complexity index is 548. The van der Waals surface area contributed by atoms with Gasteiger partial charge in [-0.15, -0.1) is 0 Å². The first-order valence-corrected chi connectivity index (χ1v) is 4.41. The molecule has 0 spiro atoms. The molecule has 4 heteroatoms. The SMILES string of the molecule is Nc1cc(-c2cccc(F)c2)c[nH]c1=O. The third-order valence-electron chi connectivity index (χ3n) is 2.09. The fourth-order valence-electron chi connectivity index (χ4n) is 1.34. The summed E-state index contributed by atoms with van der Waals surface area (Å²) in [5.41, 5.74) is 6.61. The van der Waals surface area contributed by atoms with Gasteiger partial charge in [0.1, 0.15) is 5.82 Å². The molecular weight excluding hydrogens is 195 g/mol. The van der Waals surface area contributed by atoms with Gasteiger partial charge in [-0.1, -0.05) is 12.1 Å². The highest BCUT2D eigenvalue weighted by molar-refractivity contribution is 5.65. The van der Waals surface area contributed by atoms with Crippen LogP contribution in [0, 0.1) is 5.82 Å². The minimum absolute atomic E-state index is 0.122. The number of nitrogens with one attached hydrogen (secondary N) is 1. The van der Waals surface area contributed by atoms with Crippen LogP contribution in [0.3, 0.4) is 0 Å². The van der Waals surface area contributed by atoms with E-state index < -0.39 is 0 Å². The number of anilines is 1. The zero-order chi connectivity index (χ0) is 10.8. The largest absolute Gasteiger partial charge is 0.394 e. The van der Waals surface area contributed by atoms with Crippen LogP contribution in [0.15, 0.2) is 41.3 Å². The number of benzene rings is 1. The molecule has 3 N–H and O–H groups in total. The first-order valence-electron chi connectivity index (χ1n) is 4.41. The van der Waals surface area contributed by atoms with E-state index in [1.807, 2.05) is 0 Å². The fourth-order valence-corrected chi connectivity index (χ4v) is 1.34. The Hall–Kier alpha value is -2.10. The molecule has 1 heterocycles. The van der Waals surface area contributed by atoms with Crippen molar-refractivity contribution in [3.05, 3.63) is 52.7 Å². The maximum Gasteiger partial charge on any atom is 0.271 e. The topological polar surface area (TPSA) is 58.9 Å². The van der Waals surface area contributed by atoms with Crippen molar-refractivity contribution in [3.8, 4) is 11.1 Å². The van der Waals surface area contributed by atoms with Crippen LogP contribution in [0.4, 0.5) is 10.1 Å². The van der Waals surface area contributed by atoms with Gasteiger partial charge < -0.3 is 10.7 Å². The highest BCUT2D eigenvalue weighted by Gasteiger charge is 2.01. The van der Waals surface area contributed by atoms with Crippen molar-refractivity contribution < 1.29 is 4.39 Å². The number of aromatic amines is 1. The number of H-pyrrole nitrogens is 1.